The van der Waals surface area contributed by atoms with E-state index in [1.807, 2.05) is 13.1 Å². The summed E-state index contributed by atoms with van der Waals surface area (Å²) in [7, 11) is 5.30. The number of methoxy groups -OCH3 is 2. The Labute approximate surface area is 97.8 Å². The summed E-state index contributed by atoms with van der Waals surface area (Å²) in [5, 5.41) is 3.30. The van der Waals surface area contributed by atoms with Gasteiger partial charge in [0.15, 0.2) is 11.5 Å². The average molecular weight is 223 g/mol. The van der Waals surface area contributed by atoms with E-state index in [4.69, 9.17) is 9.47 Å². The second-order valence-corrected chi connectivity index (χ2v) is 3.81. The summed E-state index contributed by atoms with van der Waals surface area (Å²) in [5.41, 5.74) is 2.49. The molecule has 0 amide bonds. The molecule has 0 saturated heterocycles. The Balaban J connectivity index is 3.19. The maximum atomic E-state index is 5.32. The van der Waals surface area contributed by atoms with Gasteiger partial charge < -0.3 is 14.8 Å². The molecule has 1 aromatic rings. The predicted molar refractivity (Wildman–Crippen MR) is 66.4 cm³/mol. The predicted octanol–water partition coefficient (Wildman–Crippen LogP) is 2.68. The van der Waals surface area contributed by atoms with Gasteiger partial charge in [0.05, 0.1) is 14.2 Å². The van der Waals surface area contributed by atoms with Gasteiger partial charge in [-0.2, -0.15) is 0 Å². The highest BCUT2D eigenvalue weighted by Gasteiger charge is 2.14. The van der Waals surface area contributed by atoms with Crippen LogP contribution >= 0.6 is 0 Å². The quantitative estimate of drug-likeness (QED) is 0.832. The smallest absolute Gasteiger partial charge is 0.161 e. The van der Waals surface area contributed by atoms with Crippen LogP contribution < -0.4 is 14.8 Å². The van der Waals surface area contributed by atoms with Crippen LogP contribution in [0.25, 0.3) is 0 Å². The molecular weight excluding hydrogens is 202 g/mol. The Morgan fingerprint density at radius 2 is 1.75 bits per heavy atom. The zero-order chi connectivity index (χ0) is 12.1. The molecule has 3 heteroatoms. The van der Waals surface area contributed by atoms with Gasteiger partial charge in [0.2, 0.25) is 0 Å². The summed E-state index contributed by atoms with van der Waals surface area (Å²) < 4.78 is 10.6. The number of hydrogen-bond acceptors (Lipinski definition) is 3. The van der Waals surface area contributed by atoms with Crippen molar-refractivity contribution in [3.8, 4) is 11.5 Å². The summed E-state index contributed by atoms with van der Waals surface area (Å²) in [6, 6.07) is 4.44. The molecule has 0 saturated carbocycles. The molecule has 3 nitrogen and oxygen atoms in total. The van der Waals surface area contributed by atoms with Crippen LogP contribution in [-0.4, -0.2) is 21.3 Å². The van der Waals surface area contributed by atoms with E-state index in [1.54, 1.807) is 14.2 Å². The largest absolute Gasteiger partial charge is 0.493 e. The molecule has 0 aliphatic heterocycles. The van der Waals surface area contributed by atoms with E-state index in [0.29, 0.717) is 6.04 Å². The van der Waals surface area contributed by atoms with Crippen LogP contribution in [0.4, 0.5) is 0 Å². The fraction of sp³-hybridized carbons (Fsp3) is 0.538. The van der Waals surface area contributed by atoms with E-state index in [1.165, 1.54) is 11.1 Å². The van der Waals surface area contributed by atoms with Crippen molar-refractivity contribution < 1.29 is 9.47 Å². The summed E-state index contributed by atoms with van der Waals surface area (Å²) in [6.07, 6.45) is 1.05. The lowest BCUT2D eigenvalue weighted by Gasteiger charge is -2.19. The monoisotopic (exact) mass is 223 g/mol. The SMILES string of the molecule is CCC(NC)c1cc(OC)c(OC)cc1C. The first-order valence-corrected chi connectivity index (χ1v) is 5.57. The third kappa shape index (κ3) is 2.47. The number of benzene rings is 1. The van der Waals surface area contributed by atoms with E-state index >= 15 is 0 Å². The highest BCUT2D eigenvalue weighted by molar-refractivity contribution is 5.48. The molecule has 1 aromatic carbocycles. The topological polar surface area (TPSA) is 30.5 Å². The first-order valence-electron chi connectivity index (χ1n) is 5.57. The lowest BCUT2D eigenvalue weighted by molar-refractivity contribution is 0.353. The van der Waals surface area contributed by atoms with Crippen molar-refractivity contribution >= 4 is 0 Å². The highest BCUT2D eigenvalue weighted by atomic mass is 16.5. The molecule has 0 fully saturated rings. The Morgan fingerprint density at radius 1 is 1.19 bits per heavy atom. The fourth-order valence-electron chi connectivity index (χ4n) is 1.95. The molecule has 0 radical (unpaired) electrons. The number of rotatable bonds is 5. The van der Waals surface area contributed by atoms with E-state index < -0.39 is 0 Å². The lowest BCUT2D eigenvalue weighted by Crippen LogP contribution is -2.16. The number of aryl methyl sites for hydroxylation is 1. The maximum absolute atomic E-state index is 5.32. The number of ether oxygens (including phenoxy) is 2. The van der Waals surface area contributed by atoms with Crippen molar-refractivity contribution in [2.45, 2.75) is 26.3 Å². The van der Waals surface area contributed by atoms with Gasteiger partial charge in [-0.25, -0.2) is 0 Å². The summed E-state index contributed by atoms with van der Waals surface area (Å²) in [6.45, 7) is 4.26. The van der Waals surface area contributed by atoms with Gasteiger partial charge in [-0.05, 0) is 43.7 Å². The van der Waals surface area contributed by atoms with E-state index in [2.05, 4.69) is 25.2 Å². The van der Waals surface area contributed by atoms with Crippen molar-refractivity contribution in [3.05, 3.63) is 23.3 Å². The zero-order valence-electron chi connectivity index (χ0n) is 10.8. The van der Waals surface area contributed by atoms with Crippen molar-refractivity contribution in [3.63, 3.8) is 0 Å². The minimum atomic E-state index is 0.361. The molecule has 0 spiro atoms. The molecule has 0 bridgehead atoms. The lowest BCUT2D eigenvalue weighted by atomic mass is 9.98. The van der Waals surface area contributed by atoms with Gasteiger partial charge in [0, 0.05) is 6.04 Å². The van der Waals surface area contributed by atoms with Gasteiger partial charge in [0.1, 0.15) is 0 Å². The van der Waals surface area contributed by atoms with Crippen LogP contribution in [0.3, 0.4) is 0 Å². The fourth-order valence-corrected chi connectivity index (χ4v) is 1.95. The van der Waals surface area contributed by atoms with Gasteiger partial charge in [-0.15, -0.1) is 0 Å². The van der Waals surface area contributed by atoms with Crippen LogP contribution in [0.15, 0.2) is 12.1 Å². The standard InChI is InChI=1S/C13H21NO2/c1-6-11(14-3)10-8-13(16-5)12(15-4)7-9(10)2/h7-8,11,14H,6H2,1-5H3. The van der Waals surface area contributed by atoms with Crippen molar-refractivity contribution in [1.82, 2.24) is 5.32 Å². The third-order valence-electron chi connectivity index (χ3n) is 2.90. The molecule has 0 aromatic heterocycles. The molecule has 90 valence electrons. The minimum absolute atomic E-state index is 0.361. The van der Waals surface area contributed by atoms with Gasteiger partial charge >= 0.3 is 0 Å². The Kier molecular flexibility index (Phi) is 4.62. The van der Waals surface area contributed by atoms with Crippen LogP contribution in [0, 0.1) is 6.92 Å². The van der Waals surface area contributed by atoms with E-state index in [9.17, 15) is 0 Å². The third-order valence-corrected chi connectivity index (χ3v) is 2.90. The normalized spacial score (nSPS) is 12.3. The Morgan fingerprint density at radius 3 is 2.19 bits per heavy atom. The van der Waals surface area contributed by atoms with Gasteiger partial charge in [-0.1, -0.05) is 6.92 Å². The molecule has 0 aliphatic carbocycles. The minimum Gasteiger partial charge on any atom is -0.493 e. The molecule has 1 unspecified atom stereocenters. The molecule has 16 heavy (non-hydrogen) atoms. The maximum Gasteiger partial charge on any atom is 0.161 e. The second-order valence-electron chi connectivity index (χ2n) is 3.81. The van der Waals surface area contributed by atoms with Crippen molar-refractivity contribution in [2.75, 3.05) is 21.3 Å². The molecule has 1 rings (SSSR count). The highest BCUT2D eigenvalue weighted by Crippen LogP contribution is 2.33. The van der Waals surface area contributed by atoms with Crippen LogP contribution in [0.1, 0.15) is 30.5 Å². The molecule has 1 atom stereocenters. The number of nitrogens with one attached hydrogen (secondary N) is 1. The number of hydrogen-bond donors (Lipinski definition) is 1. The Hall–Kier alpha value is -1.22. The van der Waals surface area contributed by atoms with Crippen molar-refractivity contribution in [2.24, 2.45) is 0 Å². The van der Waals surface area contributed by atoms with E-state index in [-0.39, 0.29) is 0 Å². The second kappa shape index (κ2) is 5.75. The molecule has 0 aliphatic rings. The van der Waals surface area contributed by atoms with Gasteiger partial charge in [0.25, 0.3) is 0 Å². The van der Waals surface area contributed by atoms with Crippen LogP contribution in [-0.2, 0) is 0 Å². The average Bonchev–Trinajstić information content (AvgIpc) is 2.32. The van der Waals surface area contributed by atoms with Gasteiger partial charge in [-0.3, -0.25) is 0 Å². The summed E-state index contributed by atoms with van der Waals surface area (Å²) >= 11 is 0. The Bertz CT molecular complexity index is 346. The van der Waals surface area contributed by atoms with Crippen LogP contribution in [0.5, 0.6) is 11.5 Å². The first-order chi connectivity index (χ1) is 7.67. The van der Waals surface area contributed by atoms with Crippen molar-refractivity contribution in [1.29, 1.82) is 0 Å². The summed E-state index contributed by atoms with van der Waals surface area (Å²) in [5.74, 6) is 1.58. The summed E-state index contributed by atoms with van der Waals surface area (Å²) in [4.78, 5) is 0. The molecule has 0 heterocycles. The molecule has 1 N–H and O–H groups in total. The molecular formula is C13H21NO2. The van der Waals surface area contributed by atoms with Crippen LogP contribution in [0.2, 0.25) is 0 Å². The zero-order valence-corrected chi connectivity index (χ0v) is 10.8. The van der Waals surface area contributed by atoms with E-state index in [0.717, 1.165) is 17.9 Å². The first kappa shape index (κ1) is 12.8.